The van der Waals surface area contributed by atoms with Gasteiger partial charge in [-0.3, -0.25) is 4.79 Å². The average molecular weight is 383 g/mol. The Hall–Kier alpha value is -1.71. The monoisotopic (exact) mass is 382 g/mol. The quantitative estimate of drug-likeness (QED) is 0.861. The van der Waals surface area contributed by atoms with Crippen LogP contribution in [-0.4, -0.2) is 41.5 Å². The highest BCUT2D eigenvalue weighted by molar-refractivity contribution is 7.91. The second-order valence-corrected chi connectivity index (χ2v) is 9.49. The maximum Gasteiger partial charge on any atom is 0.252 e. The van der Waals surface area contributed by atoms with Crippen LogP contribution in [-0.2, 0) is 14.8 Å². The molecule has 0 bridgehead atoms. The number of nitrogens with one attached hydrogen (secondary N) is 1. The first kappa shape index (κ1) is 18.1. The summed E-state index contributed by atoms with van der Waals surface area (Å²) in [6.07, 6.45) is 2.99. The molecule has 0 aromatic carbocycles. The molecule has 0 spiro atoms. The third kappa shape index (κ3) is 3.78. The van der Waals surface area contributed by atoms with Gasteiger partial charge in [0.15, 0.2) is 0 Å². The molecule has 136 valence electrons. The van der Waals surface area contributed by atoms with Crippen LogP contribution < -0.4 is 5.32 Å². The van der Waals surface area contributed by atoms with E-state index in [1.54, 1.807) is 34.5 Å². The predicted octanol–water partition coefficient (Wildman–Crippen LogP) is 2.56. The highest BCUT2D eigenvalue weighted by Gasteiger charge is 2.34. The summed E-state index contributed by atoms with van der Waals surface area (Å²) in [5.41, 5.74) is 0. The summed E-state index contributed by atoms with van der Waals surface area (Å²) in [7, 11) is -3.51. The van der Waals surface area contributed by atoms with E-state index in [2.05, 4.69) is 10.4 Å². The number of nitrogens with zero attached hydrogens (tertiary/aromatic N) is 3. The molecule has 1 fully saturated rings. The first-order chi connectivity index (χ1) is 11.9. The normalized spacial score (nSPS) is 19.2. The molecule has 1 unspecified atom stereocenters. The molecule has 1 atom stereocenters. The molecule has 1 saturated heterocycles. The van der Waals surface area contributed by atoms with E-state index in [0.717, 1.165) is 0 Å². The minimum atomic E-state index is -3.51. The van der Waals surface area contributed by atoms with Crippen LogP contribution in [0.4, 0.5) is 5.82 Å². The standard InChI is InChI=1S/C16H22N4O3S2/c1-12(2)20-14(7-8-17-20)18-16(21)13-5-3-9-19(11-13)25(22,23)15-6-4-10-24-15/h4,6-8,10,12-13H,3,5,9,11H2,1-2H3,(H,18,21). The Bertz CT molecular complexity index is 827. The van der Waals surface area contributed by atoms with E-state index in [9.17, 15) is 13.2 Å². The summed E-state index contributed by atoms with van der Waals surface area (Å²) in [6.45, 7) is 4.63. The number of amides is 1. The SMILES string of the molecule is CC(C)n1nccc1NC(=O)C1CCCN(S(=O)(=O)c2cccs2)C1. The fourth-order valence-electron chi connectivity index (χ4n) is 2.97. The molecule has 0 radical (unpaired) electrons. The highest BCUT2D eigenvalue weighted by atomic mass is 32.2. The number of carbonyl (C=O) groups is 1. The fraction of sp³-hybridized carbons (Fsp3) is 0.500. The largest absolute Gasteiger partial charge is 0.311 e. The van der Waals surface area contributed by atoms with Crippen molar-refractivity contribution in [3.05, 3.63) is 29.8 Å². The van der Waals surface area contributed by atoms with Crippen molar-refractivity contribution >= 4 is 33.1 Å². The van der Waals surface area contributed by atoms with Gasteiger partial charge >= 0.3 is 0 Å². The molecule has 9 heteroatoms. The Kier molecular flexibility index (Phi) is 5.26. The molecule has 0 saturated carbocycles. The van der Waals surface area contributed by atoms with Gasteiger partial charge in [0.25, 0.3) is 10.0 Å². The second-order valence-electron chi connectivity index (χ2n) is 6.38. The van der Waals surface area contributed by atoms with Gasteiger partial charge in [-0.2, -0.15) is 9.40 Å². The van der Waals surface area contributed by atoms with Crippen LogP contribution >= 0.6 is 11.3 Å². The van der Waals surface area contributed by atoms with E-state index in [1.165, 1.54) is 15.6 Å². The lowest BCUT2D eigenvalue weighted by Gasteiger charge is -2.30. The van der Waals surface area contributed by atoms with Crippen molar-refractivity contribution in [3.8, 4) is 0 Å². The fourth-order valence-corrected chi connectivity index (χ4v) is 5.63. The smallest absolute Gasteiger partial charge is 0.252 e. The lowest BCUT2D eigenvalue weighted by Crippen LogP contribution is -2.43. The van der Waals surface area contributed by atoms with Crippen molar-refractivity contribution in [3.63, 3.8) is 0 Å². The van der Waals surface area contributed by atoms with E-state index >= 15 is 0 Å². The van der Waals surface area contributed by atoms with Crippen LogP contribution in [0.25, 0.3) is 0 Å². The number of piperidine rings is 1. The number of thiophene rings is 1. The zero-order valence-electron chi connectivity index (χ0n) is 14.3. The van der Waals surface area contributed by atoms with Gasteiger partial charge in [-0.05, 0) is 38.1 Å². The number of sulfonamides is 1. The van der Waals surface area contributed by atoms with Gasteiger partial charge in [0.05, 0.1) is 12.1 Å². The Morgan fingerprint density at radius 2 is 2.20 bits per heavy atom. The molecule has 3 heterocycles. The minimum absolute atomic E-state index is 0.132. The lowest BCUT2D eigenvalue weighted by molar-refractivity contribution is -0.120. The molecule has 0 aliphatic carbocycles. The molecule has 1 aliphatic heterocycles. The second kappa shape index (κ2) is 7.27. The Morgan fingerprint density at radius 3 is 2.88 bits per heavy atom. The molecule has 3 rings (SSSR count). The van der Waals surface area contributed by atoms with Gasteiger partial charge in [0.1, 0.15) is 10.0 Å². The van der Waals surface area contributed by atoms with Gasteiger partial charge in [-0.25, -0.2) is 13.1 Å². The van der Waals surface area contributed by atoms with Crippen molar-refractivity contribution in [1.82, 2.24) is 14.1 Å². The van der Waals surface area contributed by atoms with Gasteiger partial charge < -0.3 is 5.32 Å². The van der Waals surface area contributed by atoms with Gasteiger partial charge in [-0.15, -0.1) is 11.3 Å². The molecule has 1 amide bonds. The zero-order valence-corrected chi connectivity index (χ0v) is 15.9. The number of hydrogen-bond acceptors (Lipinski definition) is 5. The highest BCUT2D eigenvalue weighted by Crippen LogP contribution is 2.27. The van der Waals surface area contributed by atoms with Crippen molar-refractivity contribution in [2.75, 3.05) is 18.4 Å². The van der Waals surface area contributed by atoms with E-state index in [0.29, 0.717) is 29.4 Å². The summed E-state index contributed by atoms with van der Waals surface area (Å²) < 4.78 is 28.8. The van der Waals surface area contributed by atoms with Crippen LogP contribution in [0.3, 0.4) is 0 Å². The zero-order chi connectivity index (χ0) is 18.0. The molecule has 7 nitrogen and oxygen atoms in total. The Labute approximate surface area is 151 Å². The summed E-state index contributed by atoms with van der Waals surface area (Å²) in [5, 5.41) is 8.83. The van der Waals surface area contributed by atoms with Crippen LogP contribution in [0.5, 0.6) is 0 Å². The van der Waals surface area contributed by atoms with Crippen molar-refractivity contribution in [2.45, 2.75) is 36.9 Å². The van der Waals surface area contributed by atoms with E-state index < -0.39 is 10.0 Å². The van der Waals surface area contributed by atoms with Gasteiger partial charge in [0, 0.05) is 25.2 Å². The molecular formula is C16H22N4O3S2. The molecule has 1 aliphatic rings. The van der Waals surface area contributed by atoms with E-state index in [1.807, 2.05) is 13.8 Å². The van der Waals surface area contributed by atoms with E-state index in [-0.39, 0.29) is 24.4 Å². The van der Waals surface area contributed by atoms with Gasteiger partial charge in [-0.1, -0.05) is 6.07 Å². The third-order valence-electron chi connectivity index (χ3n) is 4.25. The minimum Gasteiger partial charge on any atom is -0.311 e. The lowest BCUT2D eigenvalue weighted by atomic mass is 9.99. The molecule has 1 N–H and O–H groups in total. The molecule has 2 aromatic heterocycles. The number of anilines is 1. The summed E-state index contributed by atoms with van der Waals surface area (Å²) in [4.78, 5) is 12.6. The number of rotatable bonds is 5. The van der Waals surface area contributed by atoms with Crippen LogP contribution in [0, 0.1) is 5.92 Å². The maximum absolute atomic E-state index is 12.7. The average Bonchev–Trinajstić information content (AvgIpc) is 3.26. The van der Waals surface area contributed by atoms with Crippen molar-refractivity contribution in [1.29, 1.82) is 0 Å². The first-order valence-corrected chi connectivity index (χ1v) is 10.6. The maximum atomic E-state index is 12.7. The van der Waals surface area contributed by atoms with Crippen molar-refractivity contribution < 1.29 is 13.2 Å². The first-order valence-electron chi connectivity index (χ1n) is 8.27. The van der Waals surface area contributed by atoms with Gasteiger partial charge in [0.2, 0.25) is 5.91 Å². The topological polar surface area (TPSA) is 84.3 Å². The summed E-state index contributed by atoms with van der Waals surface area (Å²) in [5.74, 6) is 0.116. The summed E-state index contributed by atoms with van der Waals surface area (Å²) >= 11 is 1.20. The van der Waals surface area contributed by atoms with Crippen LogP contribution in [0.1, 0.15) is 32.7 Å². The number of aromatic nitrogens is 2. The summed E-state index contributed by atoms with van der Waals surface area (Å²) in [6, 6.07) is 5.21. The Morgan fingerprint density at radius 1 is 1.40 bits per heavy atom. The van der Waals surface area contributed by atoms with E-state index in [4.69, 9.17) is 0 Å². The molecular weight excluding hydrogens is 360 g/mol. The molecule has 25 heavy (non-hydrogen) atoms. The third-order valence-corrected chi connectivity index (χ3v) is 7.49. The van der Waals surface area contributed by atoms with Crippen molar-refractivity contribution in [2.24, 2.45) is 5.92 Å². The van der Waals surface area contributed by atoms with Crippen LogP contribution in [0.15, 0.2) is 34.0 Å². The Balaban J connectivity index is 1.71. The predicted molar refractivity (Wildman–Crippen MR) is 97.0 cm³/mol. The molecule has 2 aromatic rings. The van der Waals surface area contributed by atoms with Crippen LogP contribution in [0.2, 0.25) is 0 Å². The number of carbonyl (C=O) groups excluding carboxylic acids is 1. The number of hydrogen-bond donors (Lipinski definition) is 1.